The molecule has 0 aromatic heterocycles. The van der Waals surface area contributed by atoms with Gasteiger partial charge in [-0.25, -0.2) is 9.38 Å². The van der Waals surface area contributed by atoms with Crippen molar-refractivity contribution < 1.29 is 18.7 Å². The average Bonchev–Trinajstić information content (AvgIpc) is 3.32. The maximum absolute atomic E-state index is 14.8. The van der Waals surface area contributed by atoms with Crippen molar-refractivity contribution in [2.24, 2.45) is 10.7 Å². The topological polar surface area (TPSA) is 85.9 Å². The molecule has 3 aromatic carbocycles. The first kappa shape index (κ1) is 17.2. The Labute approximate surface area is 165 Å². The third-order valence-electron chi connectivity index (χ3n) is 5.12. The van der Waals surface area contributed by atoms with Crippen LogP contribution in [0.4, 0.5) is 4.39 Å². The monoisotopic (exact) mass is 389 g/mol. The minimum Gasteiger partial charge on any atom is -0.454 e. The van der Waals surface area contributed by atoms with Gasteiger partial charge in [0.25, 0.3) is 5.91 Å². The van der Waals surface area contributed by atoms with Gasteiger partial charge in [-0.3, -0.25) is 10.1 Å². The number of rotatable bonds is 3. The molecule has 0 aliphatic carbocycles. The number of benzene rings is 3. The van der Waals surface area contributed by atoms with Crippen molar-refractivity contribution in [2.45, 2.75) is 5.54 Å². The fourth-order valence-corrected chi connectivity index (χ4v) is 3.74. The van der Waals surface area contributed by atoms with Gasteiger partial charge in [-0.2, -0.15) is 0 Å². The number of ether oxygens (including phenoxy) is 2. The zero-order chi connectivity index (χ0) is 20.0. The maximum Gasteiger partial charge on any atom is 0.263 e. The molecule has 0 saturated carbocycles. The zero-order valence-electron chi connectivity index (χ0n) is 15.2. The van der Waals surface area contributed by atoms with E-state index in [2.05, 4.69) is 10.3 Å². The third kappa shape index (κ3) is 2.62. The first-order chi connectivity index (χ1) is 14.1. The van der Waals surface area contributed by atoms with Crippen LogP contribution in [0.5, 0.6) is 11.5 Å². The molecule has 2 heterocycles. The number of carbonyl (C=O) groups excluding carboxylic acids is 1. The SMILES string of the molecule is NC1=NC(c2ccccc2)(c2ccc(F)c(-c3ccc4c(c3)OCO4)c2)C(=O)N1. The van der Waals surface area contributed by atoms with Crippen LogP contribution < -0.4 is 20.5 Å². The molecule has 3 N–H and O–H groups in total. The molecule has 0 radical (unpaired) electrons. The summed E-state index contributed by atoms with van der Waals surface area (Å²) in [4.78, 5) is 17.4. The number of guanidine groups is 1. The molecule has 2 aliphatic heterocycles. The Kier molecular flexibility index (Phi) is 3.77. The average molecular weight is 389 g/mol. The van der Waals surface area contributed by atoms with Gasteiger partial charge in [0, 0.05) is 5.56 Å². The van der Waals surface area contributed by atoms with E-state index in [9.17, 15) is 9.18 Å². The summed E-state index contributed by atoms with van der Waals surface area (Å²) < 4.78 is 25.5. The summed E-state index contributed by atoms with van der Waals surface area (Å²) >= 11 is 0. The zero-order valence-corrected chi connectivity index (χ0v) is 15.2. The Bertz CT molecular complexity index is 1160. The number of halogens is 1. The van der Waals surface area contributed by atoms with Crippen molar-refractivity contribution in [3.63, 3.8) is 0 Å². The quantitative estimate of drug-likeness (QED) is 0.721. The van der Waals surface area contributed by atoms with Crippen molar-refractivity contribution in [3.8, 4) is 22.6 Å². The summed E-state index contributed by atoms with van der Waals surface area (Å²) in [6.45, 7) is 0.132. The molecule has 3 aromatic rings. The van der Waals surface area contributed by atoms with Crippen LogP contribution in [0.3, 0.4) is 0 Å². The van der Waals surface area contributed by atoms with Gasteiger partial charge in [0.2, 0.25) is 6.79 Å². The van der Waals surface area contributed by atoms with Gasteiger partial charge in [0.1, 0.15) is 5.82 Å². The summed E-state index contributed by atoms with van der Waals surface area (Å²) in [5, 5.41) is 2.57. The highest BCUT2D eigenvalue weighted by Crippen LogP contribution is 2.41. The lowest BCUT2D eigenvalue weighted by molar-refractivity contribution is -0.122. The van der Waals surface area contributed by atoms with Crippen molar-refractivity contribution >= 4 is 11.9 Å². The van der Waals surface area contributed by atoms with E-state index in [0.29, 0.717) is 33.8 Å². The second kappa shape index (κ2) is 6.34. The van der Waals surface area contributed by atoms with E-state index in [1.165, 1.54) is 6.07 Å². The van der Waals surface area contributed by atoms with Gasteiger partial charge in [-0.15, -0.1) is 0 Å². The molecule has 0 fully saturated rings. The molecule has 0 spiro atoms. The number of carbonyl (C=O) groups is 1. The van der Waals surface area contributed by atoms with Crippen LogP contribution >= 0.6 is 0 Å². The largest absolute Gasteiger partial charge is 0.454 e. The first-order valence-corrected chi connectivity index (χ1v) is 9.00. The highest BCUT2D eigenvalue weighted by Gasteiger charge is 2.46. The fraction of sp³-hybridized carbons (Fsp3) is 0.0909. The highest BCUT2D eigenvalue weighted by atomic mass is 19.1. The van der Waals surface area contributed by atoms with E-state index >= 15 is 0 Å². The molecule has 1 amide bonds. The molecule has 144 valence electrons. The number of hydrogen-bond donors (Lipinski definition) is 2. The van der Waals surface area contributed by atoms with Crippen LogP contribution in [-0.4, -0.2) is 18.7 Å². The number of hydrogen-bond acceptors (Lipinski definition) is 5. The first-order valence-electron chi connectivity index (χ1n) is 9.00. The summed E-state index contributed by atoms with van der Waals surface area (Å²) in [6, 6.07) is 18.8. The highest BCUT2D eigenvalue weighted by molar-refractivity contribution is 6.09. The molecule has 5 rings (SSSR count). The molecule has 1 unspecified atom stereocenters. The Balaban J connectivity index is 1.70. The van der Waals surface area contributed by atoms with Crippen LogP contribution in [0.2, 0.25) is 0 Å². The number of nitrogens with two attached hydrogens (primary N) is 1. The number of nitrogens with one attached hydrogen (secondary N) is 1. The normalized spacial score (nSPS) is 19.8. The molecular formula is C22H16FN3O3. The van der Waals surface area contributed by atoms with Crippen LogP contribution in [0.15, 0.2) is 71.7 Å². The van der Waals surface area contributed by atoms with Crippen LogP contribution in [0.1, 0.15) is 11.1 Å². The number of aliphatic imine (C=N–C) groups is 1. The van der Waals surface area contributed by atoms with Crippen molar-refractivity contribution in [1.82, 2.24) is 5.32 Å². The minimum absolute atomic E-state index is 0.0211. The fourth-order valence-electron chi connectivity index (χ4n) is 3.74. The van der Waals surface area contributed by atoms with E-state index in [1.54, 1.807) is 42.5 Å². The molecular weight excluding hydrogens is 373 g/mol. The van der Waals surface area contributed by atoms with Gasteiger partial charge in [-0.05, 0) is 41.0 Å². The van der Waals surface area contributed by atoms with E-state index in [-0.39, 0.29) is 18.7 Å². The second-order valence-electron chi connectivity index (χ2n) is 6.79. The number of nitrogens with zero attached hydrogens (tertiary/aromatic N) is 1. The van der Waals surface area contributed by atoms with Gasteiger partial charge >= 0.3 is 0 Å². The van der Waals surface area contributed by atoms with Crippen LogP contribution in [-0.2, 0) is 10.3 Å². The second-order valence-corrected chi connectivity index (χ2v) is 6.79. The number of fused-ring (bicyclic) bond motifs is 1. The van der Waals surface area contributed by atoms with E-state index in [0.717, 1.165) is 0 Å². The maximum atomic E-state index is 14.8. The number of amides is 1. The summed E-state index contributed by atoms with van der Waals surface area (Å²) in [7, 11) is 0. The van der Waals surface area contributed by atoms with Gasteiger partial charge < -0.3 is 15.2 Å². The Hall–Kier alpha value is -3.87. The third-order valence-corrected chi connectivity index (χ3v) is 5.12. The van der Waals surface area contributed by atoms with Crippen LogP contribution in [0, 0.1) is 5.82 Å². The van der Waals surface area contributed by atoms with E-state index < -0.39 is 11.4 Å². The van der Waals surface area contributed by atoms with E-state index in [4.69, 9.17) is 15.2 Å². The Morgan fingerprint density at radius 3 is 2.52 bits per heavy atom. The molecule has 7 heteroatoms. The lowest BCUT2D eigenvalue weighted by Crippen LogP contribution is -2.39. The minimum atomic E-state index is -1.38. The molecule has 0 saturated heterocycles. The molecule has 6 nitrogen and oxygen atoms in total. The van der Waals surface area contributed by atoms with Gasteiger partial charge in [0.05, 0.1) is 0 Å². The Morgan fingerprint density at radius 2 is 1.76 bits per heavy atom. The summed E-state index contributed by atoms with van der Waals surface area (Å²) in [5.74, 6) is 0.369. The van der Waals surface area contributed by atoms with Gasteiger partial charge in [0.15, 0.2) is 23.0 Å². The lowest BCUT2D eigenvalue weighted by atomic mass is 9.82. The lowest BCUT2D eigenvalue weighted by Gasteiger charge is -2.25. The molecule has 1 atom stereocenters. The standard InChI is InChI=1S/C22H16FN3O3/c23-17-8-7-15(11-16(17)13-6-9-18-19(10-13)29-12-28-18)22(14-4-2-1-3-5-14)20(27)25-21(24)26-22/h1-11H,12H2,(H3,24,25,26,27). The van der Waals surface area contributed by atoms with Gasteiger partial charge in [-0.1, -0.05) is 42.5 Å². The van der Waals surface area contributed by atoms with Crippen LogP contribution in [0.25, 0.3) is 11.1 Å². The predicted octanol–water partition coefficient (Wildman–Crippen LogP) is 2.91. The summed E-state index contributed by atoms with van der Waals surface area (Å²) in [6.07, 6.45) is 0. The molecule has 2 aliphatic rings. The van der Waals surface area contributed by atoms with Crippen molar-refractivity contribution in [1.29, 1.82) is 0 Å². The van der Waals surface area contributed by atoms with Crippen molar-refractivity contribution in [3.05, 3.63) is 83.7 Å². The predicted molar refractivity (Wildman–Crippen MR) is 105 cm³/mol. The molecule has 0 bridgehead atoms. The van der Waals surface area contributed by atoms with E-state index in [1.807, 2.05) is 18.2 Å². The summed E-state index contributed by atoms with van der Waals surface area (Å²) in [5.41, 5.74) is 6.52. The smallest absolute Gasteiger partial charge is 0.263 e. The van der Waals surface area contributed by atoms with Crippen molar-refractivity contribution in [2.75, 3.05) is 6.79 Å². The molecule has 29 heavy (non-hydrogen) atoms. The Morgan fingerprint density at radius 1 is 0.966 bits per heavy atom.